The first kappa shape index (κ1) is 34.5. The molecule has 1 fully saturated rings. The molecule has 5 aromatic rings. The first-order valence-electron chi connectivity index (χ1n) is 17.1. The predicted molar refractivity (Wildman–Crippen MR) is 194 cm³/mol. The van der Waals surface area contributed by atoms with Gasteiger partial charge in [-0.15, -0.1) is 6.58 Å². The van der Waals surface area contributed by atoms with E-state index < -0.39 is 30.0 Å². The predicted octanol–water partition coefficient (Wildman–Crippen LogP) is 8.92. The lowest BCUT2D eigenvalue weighted by Gasteiger charge is -2.53. The summed E-state index contributed by atoms with van der Waals surface area (Å²) in [5.41, 5.74) is 4.66. The molecule has 0 bridgehead atoms. The zero-order chi connectivity index (χ0) is 33.6. The third kappa shape index (κ3) is 9.63. The van der Waals surface area contributed by atoms with Crippen molar-refractivity contribution in [3.05, 3.63) is 192 Å². The van der Waals surface area contributed by atoms with Crippen LogP contribution in [0.4, 0.5) is 0 Å². The molecule has 252 valence electrons. The molecule has 5 heteroatoms. The molecule has 5 aromatic carbocycles. The van der Waals surface area contributed by atoms with Gasteiger partial charge in [0.05, 0.1) is 33.0 Å². The Morgan fingerprint density at radius 1 is 0.510 bits per heavy atom. The Balaban J connectivity index is 1.39. The summed E-state index contributed by atoms with van der Waals surface area (Å²) in [6.07, 6.45) is 1.15. The third-order valence-corrected chi connectivity index (χ3v) is 8.97. The van der Waals surface area contributed by atoms with Gasteiger partial charge in [-0.25, -0.2) is 0 Å². The summed E-state index contributed by atoms with van der Waals surface area (Å²) in [6, 6.07) is 51.4. The van der Waals surface area contributed by atoms with E-state index in [1.165, 1.54) is 0 Å². The van der Waals surface area contributed by atoms with E-state index in [0.717, 1.165) is 27.8 Å². The summed E-state index contributed by atoms with van der Waals surface area (Å²) in [6.45, 7) is 6.17. The Labute approximate surface area is 291 Å². The second kappa shape index (κ2) is 17.9. The normalized spacial score (nSPS) is 22.0. The Hall–Kier alpha value is -4.36. The van der Waals surface area contributed by atoms with Gasteiger partial charge in [-0.3, -0.25) is 0 Å². The van der Waals surface area contributed by atoms with Crippen molar-refractivity contribution in [1.82, 2.24) is 0 Å². The second-order valence-corrected chi connectivity index (χ2v) is 12.6. The van der Waals surface area contributed by atoms with Crippen LogP contribution in [-0.2, 0) is 56.5 Å². The van der Waals surface area contributed by atoms with Crippen LogP contribution in [0.5, 0.6) is 0 Å². The van der Waals surface area contributed by atoms with Crippen LogP contribution in [0.1, 0.15) is 34.2 Å². The minimum atomic E-state index is -0.813. The van der Waals surface area contributed by atoms with Gasteiger partial charge >= 0.3 is 0 Å². The van der Waals surface area contributed by atoms with Crippen molar-refractivity contribution in [2.24, 2.45) is 0 Å². The zero-order valence-electron chi connectivity index (χ0n) is 28.0. The van der Waals surface area contributed by atoms with Gasteiger partial charge in [0.2, 0.25) is 0 Å². The van der Waals surface area contributed by atoms with Crippen molar-refractivity contribution >= 4 is 0 Å². The fourth-order valence-electron chi connectivity index (χ4n) is 6.60. The molecule has 6 rings (SSSR count). The highest BCUT2D eigenvalue weighted by Gasteiger charge is 2.56. The molecule has 1 unspecified atom stereocenters. The Bertz CT molecular complexity index is 1650. The maximum atomic E-state index is 7.31. The molecule has 0 aromatic heterocycles. The Kier molecular flexibility index (Phi) is 12.6. The van der Waals surface area contributed by atoms with Crippen LogP contribution in [0, 0.1) is 0 Å². The lowest BCUT2D eigenvalue weighted by atomic mass is 9.78. The molecular formula is C44H46O5. The molecule has 0 spiro atoms. The van der Waals surface area contributed by atoms with Gasteiger partial charge < -0.3 is 23.7 Å². The van der Waals surface area contributed by atoms with Gasteiger partial charge in [0, 0.05) is 6.42 Å². The van der Waals surface area contributed by atoms with E-state index in [2.05, 4.69) is 79.4 Å². The number of hydrogen-bond acceptors (Lipinski definition) is 5. The standard InChI is InChI=1S/C44H46O5/c1-2-28-44(29-35-18-8-3-9-19-35)43(48-33-39-26-16-7-17-27-39)42(47-32-38-24-14-6-15-25-38)41(46-31-37-22-12-5-13-23-37)40(49-44)34-45-30-36-20-10-4-11-21-36/h2-27,40-43H,1,28-34H2/t40-,41-,42+,43-,44?/m1/s1. The minimum Gasteiger partial charge on any atom is -0.374 e. The largest absolute Gasteiger partial charge is 0.374 e. The summed E-state index contributed by atoms with van der Waals surface area (Å²) in [5, 5.41) is 0. The van der Waals surface area contributed by atoms with Gasteiger partial charge in [0.25, 0.3) is 0 Å². The van der Waals surface area contributed by atoms with E-state index in [1.807, 2.05) is 84.9 Å². The quantitative estimate of drug-likeness (QED) is 0.0938. The van der Waals surface area contributed by atoms with Gasteiger partial charge in [-0.05, 0) is 34.2 Å². The van der Waals surface area contributed by atoms with Crippen LogP contribution in [0.3, 0.4) is 0 Å². The molecular weight excluding hydrogens is 608 g/mol. The van der Waals surface area contributed by atoms with Crippen molar-refractivity contribution < 1.29 is 23.7 Å². The Morgan fingerprint density at radius 3 is 1.39 bits per heavy atom. The summed E-state index contributed by atoms with van der Waals surface area (Å²) >= 11 is 0. The zero-order valence-corrected chi connectivity index (χ0v) is 28.0. The van der Waals surface area contributed by atoms with E-state index in [-0.39, 0.29) is 0 Å². The van der Waals surface area contributed by atoms with E-state index in [4.69, 9.17) is 23.7 Å². The van der Waals surface area contributed by atoms with Gasteiger partial charge in [0.1, 0.15) is 30.0 Å². The van der Waals surface area contributed by atoms with Gasteiger partial charge in [-0.2, -0.15) is 0 Å². The van der Waals surface area contributed by atoms with Crippen LogP contribution in [0.2, 0.25) is 0 Å². The second-order valence-electron chi connectivity index (χ2n) is 12.6. The number of hydrogen-bond donors (Lipinski definition) is 0. The highest BCUT2D eigenvalue weighted by molar-refractivity contribution is 5.22. The number of rotatable bonds is 17. The molecule has 0 saturated carbocycles. The molecule has 1 aliphatic heterocycles. The highest BCUT2D eigenvalue weighted by atomic mass is 16.6. The maximum absolute atomic E-state index is 7.31. The topological polar surface area (TPSA) is 46.2 Å². The average molecular weight is 655 g/mol. The van der Waals surface area contributed by atoms with Crippen LogP contribution >= 0.6 is 0 Å². The van der Waals surface area contributed by atoms with Crippen LogP contribution in [0.15, 0.2) is 164 Å². The summed E-state index contributed by atoms with van der Waals surface area (Å²) in [7, 11) is 0. The minimum absolute atomic E-state index is 0.318. The Morgan fingerprint density at radius 2 is 0.918 bits per heavy atom. The molecule has 1 saturated heterocycles. The van der Waals surface area contributed by atoms with Gasteiger partial charge in [0.15, 0.2) is 0 Å². The lowest BCUT2D eigenvalue weighted by Crippen LogP contribution is -2.67. The number of benzene rings is 5. The molecule has 5 atom stereocenters. The van der Waals surface area contributed by atoms with E-state index in [9.17, 15) is 0 Å². The van der Waals surface area contributed by atoms with Crippen molar-refractivity contribution in [2.75, 3.05) is 6.61 Å². The molecule has 0 N–H and O–H groups in total. The summed E-state index contributed by atoms with van der Waals surface area (Å²) < 4.78 is 34.6. The summed E-state index contributed by atoms with van der Waals surface area (Å²) in [4.78, 5) is 0. The fraction of sp³-hybridized carbons (Fsp3) is 0.273. The lowest BCUT2D eigenvalue weighted by molar-refractivity contribution is -0.307. The molecule has 1 aliphatic rings. The van der Waals surface area contributed by atoms with Crippen molar-refractivity contribution in [1.29, 1.82) is 0 Å². The van der Waals surface area contributed by atoms with E-state index in [1.54, 1.807) is 0 Å². The van der Waals surface area contributed by atoms with Crippen LogP contribution in [-0.4, -0.2) is 36.6 Å². The molecule has 49 heavy (non-hydrogen) atoms. The van der Waals surface area contributed by atoms with E-state index >= 15 is 0 Å². The van der Waals surface area contributed by atoms with Crippen molar-refractivity contribution in [3.8, 4) is 0 Å². The van der Waals surface area contributed by atoms with Crippen LogP contribution in [0.25, 0.3) is 0 Å². The highest BCUT2D eigenvalue weighted by Crippen LogP contribution is 2.41. The van der Waals surface area contributed by atoms with Crippen molar-refractivity contribution in [2.45, 2.75) is 69.3 Å². The first-order chi connectivity index (χ1) is 24.2. The molecule has 0 radical (unpaired) electrons. The average Bonchev–Trinajstić information content (AvgIpc) is 3.15. The van der Waals surface area contributed by atoms with Gasteiger partial charge in [-0.1, -0.05) is 158 Å². The SMILES string of the molecule is C=CCC1(Cc2ccccc2)O[C@H](COCc2ccccc2)[C@@H](OCc2ccccc2)[C@H](OCc2ccccc2)[C@H]1OCc1ccccc1. The first-order valence-corrected chi connectivity index (χ1v) is 17.1. The third-order valence-electron chi connectivity index (χ3n) is 8.97. The summed E-state index contributed by atoms with van der Waals surface area (Å²) in [5.74, 6) is 0. The van der Waals surface area contributed by atoms with E-state index in [0.29, 0.717) is 45.9 Å². The molecule has 0 amide bonds. The monoisotopic (exact) mass is 654 g/mol. The molecule has 0 aliphatic carbocycles. The maximum Gasteiger partial charge on any atom is 0.116 e. The fourth-order valence-corrected chi connectivity index (χ4v) is 6.60. The molecule has 1 heterocycles. The smallest absolute Gasteiger partial charge is 0.116 e. The van der Waals surface area contributed by atoms with Crippen LogP contribution < -0.4 is 0 Å². The van der Waals surface area contributed by atoms with Crippen molar-refractivity contribution in [3.63, 3.8) is 0 Å². The number of ether oxygens (including phenoxy) is 5. The molecule has 5 nitrogen and oxygen atoms in total.